The SMILES string of the molecule is COc1ccc(Cc2sc(N)nc2C(C)=O)c(OC)c1. The number of methoxy groups -OCH3 is 2. The minimum Gasteiger partial charge on any atom is -0.497 e. The third-order valence-electron chi connectivity index (χ3n) is 2.89. The van der Waals surface area contributed by atoms with Gasteiger partial charge in [-0.25, -0.2) is 4.98 Å². The van der Waals surface area contributed by atoms with Gasteiger partial charge in [-0.2, -0.15) is 0 Å². The predicted octanol–water partition coefficient (Wildman–Crippen LogP) is 2.54. The lowest BCUT2D eigenvalue weighted by Crippen LogP contribution is -2.00. The molecule has 1 aromatic carbocycles. The molecule has 6 heteroatoms. The molecule has 0 bridgehead atoms. The first-order chi connectivity index (χ1) is 9.55. The Morgan fingerprint density at radius 3 is 2.70 bits per heavy atom. The number of ketones is 1. The molecule has 0 radical (unpaired) electrons. The minimum absolute atomic E-state index is 0.0829. The van der Waals surface area contributed by atoms with Crippen LogP contribution in [0.1, 0.15) is 27.9 Å². The summed E-state index contributed by atoms with van der Waals surface area (Å²) in [4.78, 5) is 16.5. The largest absolute Gasteiger partial charge is 0.497 e. The smallest absolute Gasteiger partial charge is 0.180 e. The second-order valence-corrected chi connectivity index (χ2v) is 5.35. The summed E-state index contributed by atoms with van der Waals surface area (Å²) in [6.07, 6.45) is 0.553. The average molecular weight is 292 g/mol. The third-order valence-corrected chi connectivity index (χ3v) is 3.78. The summed E-state index contributed by atoms with van der Waals surface area (Å²) in [6, 6.07) is 5.58. The van der Waals surface area contributed by atoms with E-state index in [2.05, 4.69) is 4.98 Å². The summed E-state index contributed by atoms with van der Waals surface area (Å²) in [5.74, 6) is 1.35. The van der Waals surface area contributed by atoms with E-state index in [0.717, 1.165) is 16.2 Å². The van der Waals surface area contributed by atoms with Crippen LogP contribution in [0.25, 0.3) is 0 Å². The highest BCUT2D eigenvalue weighted by molar-refractivity contribution is 7.15. The highest BCUT2D eigenvalue weighted by atomic mass is 32.1. The first-order valence-corrected chi connectivity index (χ1v) is 6.83. The Bertz CT molecular complexity index is 637. The number of rotatable bonds is 5. The van der Waals surface area contributed by atoms with Gasteiger partial charge >= 0.3 is 0 Å². The van der Waals surface area contributed by atoms with Gasteiger partial charge in [0.25, 0.3) is 0 Å². The Kier molecular flexibility index (Phi) is 4.24. The number of nitrogens with two attached hydrogens (primary N) is 1. The van der Waals surface area contributed by atoms with Crippen molar-refractivity contribution in [3.8, 4) is 11.5 Å². The number of hydrogen-bond acceptors (Lipinski definition) is 6. The van der Waals surface area contributed by atoms with Crippen LogP contribution < -0.4 is 15.2 Å². The van der Waals surface area contributed by atoms with Crippen LogP contribution in [0, 0.1) is 0 Å². The highest BCUT2D eigenvalue weighted by Gasteiger charge is 2.16. The summed E-state index contributed by atoms with van der Waals surface area (Å²) in [7, 11) is 3.21. The maximum Gasteiger partial charge on any atom is 0.180 e. The Labute approximate surface area is 121 Å². The van der Waals surface area contributed by atoms with Crippen LogP contribution in [0.15, 0.2) is 18.2 Å². The van der Waals surface area contributed by atoms with Crippen LogP contribution in [-0.4, -0.2) is 25.0 Å². The van der Waals surface area contributed by atoms with Crippen molar-refractivity contribution in [2.75, 3.05) is 20.0 Å². The normalized spacial score (nSPS) is 10.3. The first kappa shape index (κ1) is 14.3. The molecule has 1 aromatic heterocycles. The van der Waals surface area contributed by atoms with Crippen molar-refractivity contribution >= 4 is 22.3 Å². The van der Waals surface area contributed by atoms with E-state index in [-0.39, 0.29) is 5.78 Å². The zero-order valence-electron chi connectivity index (χ0n) is 11.6. The summed E-state index contributed by atoms with van der Waals surface area (Å²) < 4.78 is 10.5. The molecular formula is C14H16N2O3S. The number of Topliss-reactive ketones (excluding diaryl/α,β-unsaturated/α-hetero) is 1. The number of thiazole rings is 1. The molecule has 2 aromatic rings. The first-order valence-electron chi connectivity index (χ1n) is 6.02. The van der Waals surface area contributed by atoms with Gasteiger partial charge in [0.2, 0.25) is 0 Å². The van der Waals surface area contributed by atoms with E-state index >= 15 is 0 Å². The molecule has 0 saturated carbocycles. The molecular weight excluding hydrogens is 276 g/mol. The maximum absolute atomic E-state index is 11.6. The maximum atomic E-state index is 11.6. The van der Waals surface area contributed by atoms with Crippen molar-refractivity contribution < 1.29 is 14.3 Å². The van der Waals surface area contributed by atoms with Gasteiger partial charge in [-0.3, -0.25) is 4.79 Å². The zero-order chi connectivity index (χ0) is 14.7. The molecule has 2 N–H and O–H groups in total. The van der Waals surface area contributed by atoms with E-state index in [1.54, 1.807) is 14.2 Å². The number of ether oxygens (including phenoxy) is 2. The molecule has 5 nitrogen and oxygen atoms in total. The number of anilines is 1. The van der Waals surface area contributed by atoms with Gasteiger partial charge < -0.3 is 15.2 Å². The molecule has 20 heavy (non-hydrogen) atoms. The monoisotopic (exact) mass is 292 g/mol. The molecule has 0 saturated heterocycles. The second kappa shape index (κ2) is 5.92. The molecule has 0 aliphatic heterocycles. The molecule has 2 rings (SSSR count). The minimum atomic E-state index is -0.0829. The lowest BCUT2D eigenvalue weighted by Gasteiger charge is -2.09. The number of hydrogen-bond donors (Lipinski definition) is 1. The predicted molar refractivity (Wildman–Crippen MR) is 78.9 cm³/mol. The Morgan fingerprint density at radius 2 is 2.10 bits per heavy atom. The zero-order valence-corrected chi connectivity index (χ0v) is 12.4. The average Bonchev–Trinajstić information content (AvgIpc) is 2.80. The van der Waals surface area contributed by atoms with Crippen molar-refractivity contribution in [3.05, 3.63) is 34.3 Å². The van der Waals surface area contributed by atoms with E-state index in [1.807, 2.05) is 18.2 Å². The van der Waals surface area contributed by atoms with Crippen LogP contribution in [0.5, 0.6) is 11.5 Å². The van der Waals surface area contributed by atoms with Gasteiger partial charge in [0.1, 0.15) is 17.2 Å². The van der Waals surface area contributed by atoms with Crippen molar-refractivity contribution in [2.45, 2.75) is 13.3 Å². The molecule has 0 amide bonds. The molecule has 0 fully saturated rings. The second-order valence-electron chi connectivity index (χ2n) is 4.23. The fourth-order valence-corrected chi connectivity index (χ4v) is 2.84. The molecule has 1 heterocycles. The summed E-state index contributed by atoms with van der Waals surface area (Å²) in [5, 5.41) is 0.401. The molecule has 0 aliphatic rings. The summed E-state index contributed by atoms with van der Waals surface area (Å²) >= 11 is 1.33. The number of nitrogens with zero attached hydrogens (tertiary/aromatic N) is 1. The van der Waals surface area contributed by atoms with E-state index in [4.69, 9.17) is 15.2 Å². The van der Waals surface area contributed by atoms with Crippen molar-refractivity contribution in [3.63, 3.8) is 0 Å². The topological polar surface area (TPSA) is 74.4 Å². The van der Waals surface area contributed by atoms with Gasteiger partial charge in [0.05, 0.1) is 14.2 Å². The fourth-order valence-electron chi connectivity index (χ4n) is 1.94. The van der Waals surface area contributed by atoms with E-state index in [0.29, 0.717) is 23.0 Å². The number of carbonyl (C=O) groups excluding carboxylic acids is 1. The lowest BCUT2D eigenvalue weighted by atomic mass is 10.1. The van der Waals surface area contributed by atoms with Crippen molar-refractivity contribution in [1.82, 2.24) is 4.98 Å². The fraction of sp³-hybridized carbons (Fsp3) is 0.286. The molecule has 0 unspecified atom stereocenters. The standard InChI is InChI=1S/C14H16N2O3S/c1-8(17)13-12(20-14(15)16-13)6-9-4-5-10(18-2)7-11(9)19-3/h4-5,7H,6H2,1-3H3,(H2,15,16). The van der Waals surface area contributed by atoms with Gasteiger partial charge in [-0.1, -0.05) is 6.07 Å². The summed E-state index contributed by atoms with van der Waals surface area (Å²) in [5.41, 5.74) is 7.08. The molecule has 0 aliphatic carbocycles. The Balaban J connectivity index is 2.37. The molecule has 106 valence electrons. The van der Waals surface area contributed by atoms with Crippen LogP contribution in [-0.2, 0) is 6.42 Å². The van der Waals surface area contributed by atoms with Crippen LogP contribution in [0.4, 0.5) is 5.13 Å². The van der Waals surface area contributed by atoms with Gasteiger partial charge in [0.15, 0.2) is 10.9 Å². The van der Waals surface area contributed by atoms with Gasteiger partial charge in [-0.05, 0) is 11.6 Å². The highest BCUT2D eigenvalue weighted by Crippen LogP contribution is 2.30. The number of carbonyl (C=O) groups is 1. The van der Waals surface area contributed by atoms with Crippen LogP contribution in [0.2, 0.25) is 0 Å². The molecule has 0 atom stereocenters. The van der Waals surface area contributed by atoms with Gasteiger partial charge in [0, 0.05) is 24.3 Å². The third kappa shape index (κ3) is 2.91. The Morgan fingerprint density at radius 1 is 1.35 bits per heavy atom. The van der Waals surface area contributed by atoms with Crippen LogP contribution in [0.3, 0.4) is 0 Å². The number of aromatic nitrogens is 1. The lowest BCUT2D eigenvalue weighted by molar-refractivity contribution is 0.101. The van der Waals surface area contributed by atoms with E-state index < -0.39 is 0 Å². The van der Waals surface area contributed by atoms with Crippen molar-refractivity contribution in [1.29, 1.82) is 0 Å². The number of nitrogen functional groups attached to an aromatic ring is 1. The van der Waals surface area contributed by atoms with E-state index in [9.17, 15) is 4.79 Å². The number of benzene rings is 1. The molecule has 0 spiro atoms. The summed E-state index contributed by atoms with van der Waals surface area (Å²) in [6.45, 7) is 1.49. The van der Waals surface area contributed by atoms with Gasteiger partial charge in [-0.15, -0.1) is 11.3 Å². The quantitative estimate of drug-likeness (QED) is 0.857. The van der Waals surface area contributed by atoms with Crippen LogP contribution >= 0.6 is 11.3 Å². The Hall–Kier alpha value is -2.08. The van der Waals surface area contributed by atoms with E-state index in [1.165, 1.54) is 18.3 Å². The van der Waals surface area contributed by atoms with Crippen molar-refractivity contribution in [2.24, 2.45) is 0 Å².